The van der Waals surface area contributed by atoms with E-state index < -0.39 is 0 Å². The van der Waals surface area contributed by atoms with Gasteiger partial charge in [0.1, 0.15) is 0 Å². The van der Waals surface area contributed by atoms with Gasteiger partial charge in [0.05, 0.1) is 12.7 Å². The average Bonchev–Trinajstić information content (AvgIpc) is 2.90. The first kappa shape index (κ1) is 9.17. The SMILES string of the molecule is CNCCO[C@H]1CC[C@@]12CCC21CC1. The molecular weight excluding hydrogens is 174 g/mol. The Balaban J connectivity index is 1.55. The zero-order chi connectivity index (χ0) is 9.65. The summed E-state index contributed by atoms with van der Waals surface area (Å²) in [6.07, 6.45) is 9.35. The van der Waals surface area contributed by atoms with Crippen LogP contribution in [0, 0.1) is 10.8 Å². The number of likely N-dealkylation sites (N-methyl/N-ethyl adjacent to an activating group) is 1. The van der Waals surface area contributed by atoms with Crippen molar-refractivity contribution in [2.45, 2.75) is 44.6 Å². The van der Waals surface area contributed by atoms with Crippen LogP contribution < -0.4 is 5.32 Å². The largest absolute Gasteiger partial charge is 0.376 e. The van der Waals surface area contributed by atoms with E-state index in [1.165, 1.54) is 38.5 Å². The highest BCUT2D eigenvalue weighted by atomic mass is 16.5. The normalized spacial score (nSPS) is 42.2. The molecule has 0 aromatic rings. The zero-order valence-corrected chi connectivity index (χ0v) is 9.14. The highest BCUT2D eigenvalue weighted by Gasteiger charge is 2.71. The van der Waals surface area contributed by atoms with Crippen LogP contribution in [0.3, 0.4) is 0 Å². The Bertz CT molecular complexity index is 232. The summed E-state index contributed by atoms with van der Waals surface area (Å²) < 4.78 is 5.99. The van der Waals surface area contributed by atoms with Crippen LogP contribution in [-0.4, -0.2) is 26.3 Å². The minimum Gasteiger partial charge on any atom is -0.376 e. The fraction of sp³-hybridized carbons (Fsp3) is 1.00. The van der Waals surface area contributed by atoms with E-state index in [4.69, 9.17) is 4.74 Å². The summed E-state index contributed by atoms with van der Waals surface area (Å²) >= 11 is 0. The molecule has 80 valence electrons. The van der Waals surface area contributed by atoms with Crippen LogP contribution in [0.4, 0.5) is 0 Å². The van der Waals surface area contributed by atoms with E-state index in [1.807, 2.05) is 7.05 Å². The van der Waals surface area contributed by atoms with Gasteiger partial charge in [-0.3, -0.25) is 0 Å². The van der Waals surface area contributed by atoms with Crippen molar-refractivity contribution in [2.75, 3.05) is 20.2 Å². The molecule has 0 heterocycles. The lowest BCUT2D eigenvalue weighted by atomic mass is 9.46. The van der Waals surface area contributed by atoms with Gasteiger partial charge in [0.15, 0.2) is 0 Å². The molecule has 3 fully saturated rings. The van der Waals surface area contributed by atoms with E-state index in [0.29, 0.717) is 11.5 Å². The second kappa shape index (κ2) is 2.96. The average molecular weight is 195 g/mol. The van der Waals surface area contributed by atoms with E-state index in [1.54, 1.807) is 0 Å². The minimum atomic E-state index is 0.618. The van der Waals surface area contributed by atoms with Gasteiger partial charge >= 0.3 is 0 Å². The number of rotatable bonds is 4. The molecule has 0 radical (unpaired) electrons. The first-order chi connectivity index (χ1) is 6.83. The smallest absolute Gasteiger partial charge is 0.0637 e. The number of hydrogen-bond acceptors (Lipinski definition) is 2. The fourth-order valence-corrected chi connectivity index (χ4v) is 3.75. The van der Waals surface area contributed by atoms with Gasteiger partial charge in [-0.05, 0) is 51.0 Å². The lowest BCUT2D eigenvalue weighted by Crippen LogP contribution is -2.58. The second-order valence-electron chi connectivity index (χ2n) is 5.44. The molecule has 3 saturated carbocycles. The van der Waals surface area contributed by atoms with Gasteiger partial charge in [-0.1, -0.05) is 0 Å². The molecule has 0 aromatic heterocycles. The van der Waals surface area contributed by atoms with Crippen LogP contribution in [0.2, 0.25) is 0 Å². The third kappa shape index (κ3) is 0.989. The van der Waals surface area contributed by atoms with Crippen LogP contribution in [0.25, 0.3) is 0 Å². The standard InChI is InChI=1S/C12H21NO/c1-13-8-9-14-10-2-3-12(10)7-6-11(12)4-5-11/h10,13H,2-9H2,1H3/t10-,12+/m0/s1. The van der Waals surface area contributed by atoms with Crippen molar-refractivity contribution in [1.82, 2.24) is 5.32 Å². The molecule has 0 bridgehead atoms. The maximum Gasteiger partial charge on any atom is 0.0637 e. The van der Waals surface area contributed by atoms with Crippen LogP contribution >= 0.6 is 0 Å². The van der Waals surface area contributed by atoms with E-state index in [2.05, 4.69) is 5.32 Å². The van der Waals surface area contributed by atoms with Gasteiger partial charge < -0.3 is 10.1 Å². The molecule has 14 heavy (non-hydrogen) atoms. The zero-order valence-electron chi connectivity index (χ0n) is 9.14. The van der Waals surface area contributed by atoms with Crippen molar-refractivity contribution in [3.8, 4) is 0 Å². The first-order valence-electron chi connectivity index (χ1n) is 6.09. The number of hydrogen-bond donors (Lipinski definition) is 1. The molecule has 0 aromatic carbocycles. The molecule has 2 heteroatoms. The van der Waals surface area contributed by atoms with Gasteiger partial charge in [0.25, 0.3) is 0 Å². The molecule has 1 N–H and O–H groups in total. The van der Waals surface area contributed by atoms with E-state index in [0.717, 1.165) is 18.6 Å². The molecule has 3 rings (SSSR count). The summed E-state index contributed by atoms with van der Waals surface area (Å²) in [7, 11) is 1.99. The van der Waals surface area contributed by atoms with Crippen molar-refractivity contribution in [1.29, 1.82) is 0 Å². The Morgan fingerprint density at radius 3 is 2.43 bits per heavy atom. The number of nitrogens with one attached hydrogen (secondary N) is 1. The third-order valence-electron chi connectivity index (χ3n) is 5.10. The van der Waals surface area contributed by atoms with Gasteiger partial charge in [-0.15, -0.1) is 0 Å². The van der Waals surface area contributed by atoms with Crippen molar-refractivity contribution >= 4 is 0 Å². The van der Waals surface area contributed by atoms with Gasteiger partial charge in [-0.2, -0.15) is 0 Å². The van der Waals surface area contributed by atoms with Crippen LogP contribution in [0.5, 0.6) is 0 Å². The van der Waals surface area contributed by atoms with E-state index in [9.17, 15) is 0 Å². The molecule has 0 unspecified atom stereocenters. The van der Waals surface area contributed by atoms with Gasteiger partial charge in [0.2, 0.25) is 0 Å². The summed E-state index contributed by atoms with van der Waals surface area (Å²) in [5.74, 6) is 0. The molecule has 2 nitrogen and oxygen atoms in total. The molecule has 3 aliphatic rings. The predicted octanol–water partition coefficient (Wildman–Crippen LogP) is 1.95. The van der Waals surface area contributed by atoms with E-state index >= 15 is 0 Å². The predicted molar refractivity (Wildman–Crippen MR) is 56.2 cm³/mol. The third-order valence-corrected chi connectivity index (χ3v) is 5.10. The summed E-state index contributed by atoms with van der Waals surface area (Å²) in [4.78, 5) is 0. The van der Waals surface area contributed by atoms with Gasteiger partial charge in [-0.25, -0.2) is 0 Å². The van der Waals surface area contributed by atoms with Crippen molar-refractivity contribution in [3.63, 3.8) is 0 Å². The summed E-state index contributed by atoms with van der Waals surface area (Å²) in [6.45, 7) is 1.90. The molecule has 2 atom stereocenters. The summed E-state index contributed by atoms with van der Waals surface area (Å²) in [5.41, 5.74) is 1.45. The lowest BCUT2D eigenvalue weighted by molar-refractivity contribution is -0.199. The van der Waals surface area contributed by atoms with Crippen LogP contribution in [0.1, 0.15) is 38.5 Å². The first-order valence-corrected chi connectivity index (χ1v) is 6.09. The Morgan fingerprint density at radius 1 is 1.21 bits per heavy atom. The molecule has 0 saturated heterocycles. The quantitative estimate of drug-likeness (QED) is 0.692. The summed E-state index contributed by atoms with van der Waals surface area (Å²) in [5, 5.41) is 3.15. The second-order valence-corrected chi connectivity index (χ2v) is 5.44. The Kier molecular flexibility index (Phi) is 1.94. The lowest BCUT2D eigenvalue weighted by Gasteiger charge is -2.62. The Labute approximate surface area is 86.4 Å². The Hall–Kier alpha value is -0.0800. The van der Waals surface area contributed by atoms with E-state index in [-0.39, 0.29) is 0 Å². The van der Waals surface area contributed by atoms with Crippen LogP contribution in [-0.2, 0) is 4.74 Å². The highest BCUT2D eigenvalue weighted by Crippen LogP contribution is 2.78. The number of fused-ring (bicyclic) bond motifs is 1. The Morgan fingerprint density at radius 2 is 2.00 bits per heavy atom. The molecule has 0 aliphatic heterocycles. The van der Waals surface area contributed by atoms with Crippen molar-refractivity contribution < 1.29 is 4.74 Å². The topological polar surface area (TPSA) is 21.3 Å². The maximum absolute atomic E-state index is 5.99. The van der Waals surface area contributed by atoms with Crippen LogP contribution in [0.15, 0.2) is 0 Å². The molecular formula is C12H21NO. The summed E-state index contributed by atoms with van der Waals surface area (Å²) in [6, 6.07) is 0. The number of ether oxygens (including phenoxy) is 1. The van der Waals surface area contributed by atoms with Gasteiger partial charge in [0, 0.05) is 12.0 Å². The molecule has 3 aliphatic carbocycles. The van der Waals surface area contributed by atoms with Crippen molar-refractivity contribution in [3.05, 3.63) is 0 Å². The molecule has 0 amide bonds. The highest BCUT2D eigenvalue weighted by molar-refractivity contribution is 5.21. The fourth-order valence-electron chi connectivity index (χ4n) is 3.75. The minimum absolute atomic E-state index is 0.618. The maximum atomic E-state index is 5.99. The van der Waals surface area contributed by atoms with Crippen molar-refractivity contribution in [2.24, 2.45) is 10.8 Å². The molecule has 2 spiro atoms. The monoisotopic (exact) mass is 195 g/mol.